The zero-order chi connectivity index (χ0) is 22.8. The molecule has 5 nitrogen and oxygen atoms in total. The lowest BCUT2D eigenvalue weighted by Gasteiger charge is -2.40. The van der Waals surface area contributed by atoms with Gasteiger partial charge in [0, 0.05) is 17.5 Å². The highest BCUT2D eigenvalue weighted by molar-refractivity contribution is 7.14. The fraction of sp³-hybridized carbons (Fsp3) is 0.538. The highest BCUT2D eigenvalue weighted by Gasteiger charge is 2.36. The molecule has 0 unspecified atom stereocenters. The SMILES string of the molecule is Cc1ccc(-c2sccc2N(C(=O)C2CCC(C)CC2)C2CCN(C)CC2)c(C(=O)O)c1.Cl. The van der Waals surface area contributed by atoms with E-state index in [-0.39, 0.29) is 30.3 Å². The molecule has 1 N–H and O–H groups in total. The van der Waals surface area contributed by atoms with Gasteiger partial charge in [-0.05, 0) is 89.0 Å². The predicted molar refractivity (Wildman–Crippen MR) is 138 cm³/mol. The Labute approximate surface area is 207 Å². The van der Waals surface area contributed by atoms with Crippen molar-refractivity contribution in [2.45, 2.75) is 58.4 Å². The topological polar surface area (TPSA) is 60.9 Å². The number of anilines is 1. The number of halogens is 1. The van der Waals surface area contributed by atoms with Crippen LogP contribution in [0.15, 0.2) is 29.6 Å². The second kappa shape index (κ2) is 11.0. The predicted octanol–water partition coefficient (Wildman–Crippen LogP) is 6.10. The first-order chi connectivity index (χ1) is 15.3. The molecule has 4 rings (SSSR count). The third kappa shape index (κ3) is 5.61. The molecule has 7 heteroatoms. The summed E-state index contributed by atoms with van der Waals surface area (Å²) in [4.78, 5) is 31.2. The van der Waals surface area contributed by atoms with Gasteiger partial charge in [0.05, 0.1) is 16.1 Å². The lowest BCUT2D eigenvalue weighted by molar-refractivity contribution is -0.124. The molecular formula is C26H35ClN2O3S. The number of aromatic carboxylic acids is 1. The van der Waals surface area contributed by atoms with Crippen molar-refractivity contribution in [1.29, 1.82) is 0 Å². The molecule has 0 radical (unpaired) electrons. The van der Waals surface area contributed by atoms with Crippen molar-refractivity contribution in [3.63, 3.8) is 0 Å². The van der Waals surface area contributed by atoms with E-state index in [2.05, 4.69) is 23.8 Å². The van der Waals surface area contributed by atoms with Crippen LogP contribution in [0.4, 0.5) is 5.69 Å². The number of aryl methyl sites for hydroxylation is 1. The summed E-state index contributed by atoms with van der Waals surface area (Å²) in [5.74, 6) is 0.0605. The van der Waals surface area contributed by atoms with Crippen LogP contribution in [-0.4, -0.2) is 48.1 Å². The Morgan fingerprint density at radius 1 is 1.06 bits per heavy atom. The number of thiophene rings is 1. The van der Waals surface area contributed by atoms with Gasteiger partial charge in [-0.1, -0.05) is 24.6 Å². The number of carboxylic acid groups (broad SMARTS) is 1. The molecule has 0 bridgehead atoms. The van der Waals surface area contributed by atoms with Crippen molar-refractivity contribution in [1.82, 2.24) is 4.90 Å². The number of benzene rings is 1. The minimum absolute atomic E-state index is 0. The molecule has 2 aromatic rings. The number of carboxylic acids is 1. The van der Waals surface area contributed by atoms with Crippen molar-refractivity contribution < 1.29 is 14.7 Å². The average Bonchev–Trinajstić information content (AvgIpc) is 3.24. The molecule has 1 aromatic heterocycles. The summed E-state index contributed by atoms with van der Waals surface area (Å²) in [5.41, 5.74) is 2.82. The maximum atomic E-state index is 13.9. The van der Waals surface area contributed by atoms with Crippen LogP contribution in [0.5, 0.6) is 0 Å². The summed E-state index contributed by atoms with van der Waals surface area (Å²) in [6, 6.07) is 7.76. The van der Waals surface area contributed by atoms with E-state index in [4.69, 9.17) is 0 Å². The number of hydrogen-bond donors (Lipinski definition) is 1. The molecule has 0 atom stereocenters. The molecular weight excluding hydrogens is 456 g/mol. The van der Waals surface area contributed by atoms with Gasteiger partial charge in [-0.25, -0.2) is 4.79 Å². The lowest BCUT2D eigenvalue weighted by atomic mass is 9.82. The van der Waals surface area contributed by atoms with E-state index >= 15 is 0 Å². The van der Waals surface area contributed by atoms with Crippen LogP contribution in [0, 0.1) is 18.8 Å². The van der Waals surface area contributed by atoms with Crippen LogP contribution in [0.25, 0.3) is 10.4 Å². The Morgan fingerprint density at radius 3 is 2.36 bits per heavy atom. The van der Waals surface area contributed by atoms with Crippen LogP contribution in [-0.2, 0) is 4.79 Å². The molecule has 180 valence electrons. The van der Waals surface area contributed by atoms with E-state index in [9.17, 15) is 14.7 Å². The summed E-state index contributed by atoms with van der Waals surface area (Å²) in [7, 11) is 2.13. The van der Waals surface area contributed by atoms with E-state index < -0.39 is 5.97 Å². The van der Waals surface area contributed by atoms with Gasteiger partial charge in [0.25, 0.3) is 0 Å². The van der Waals surface area contributed by atoms with Crippen molar-refractivity contribution in [2.24, 2.45) is 11.8 Å². The molecule has 2 fully saturated rings. The first-order valence-electron chi connectivity index (χ1n) is 11.8. The summed E-state index contributed by atoms with van der Waals surface area (Å²) >= 11 is 1.53. The van der Waals surface area contributed by atoms with Crippen LogP contribution in [0.3, 0.4) is 0 Å². The molecule has 1 aliphatic heterocycles. The van der Waals surface area contributed by atoms with Gasteiger partial charge in [0.1, 0.15) is 0 Å². The third-order valence-corrected chi connectivity index (χ3v) is 8.15. The second-order valence-corrected chi connectivity index (χ2v) is 10.6. The summed E-state index contributed by atoms with van der Waals surface area (Å²) < 4.78 is 0. The maximum Gasteiger partial charge on any atom is 0.336 e. The standard InChI is InChI=1S/C26H34N2O3S.ClH/c1-17-4-7-19(8-5-17)25(29)28(20-10-13-27(3)14-11-20)23-12-15-32-24(23)21-9-6-18(2)16-22(21)26(30)31;/h6,9,12,15-17,19-20H,4-5,7-8,10-11,13-14H2,1-3H3,(H,30,31);1H. The number of carbonyl (C=O) groups excluding carboxylic acids is 1. The van der Waals surface area contributed by atoms with E-state index in [1.54, 1.807) is 6.07 Å². The first-order valence-corrected chi connectivity index (χ1v) is 12.7. The second-order valence-electron chi connectivity index (χ2n) is 9.69. The van der Waals surface area contributed by atoms with Crippen molar-refractivity contribution in [3.05, 3.63) is 40.8 Å². The highest BCUT2D eigenvalue weighted by atomic mass is 35.5. The number of carbonyl (C=O) groups is 2. The van der Waals surface area contributed by atoms with Gasteiger partial charge < -0.3 is 14.9 Å². The van der Waals surface area contributed by atoms with E-state index in [0.29, 0.717) is 17.0 Å². The fourth-order valence-corrected chi connectivity index (χ4v) is 6.10. The first kappa shape index (κ1) is 25.7. The maximum absolute atomic E-state index is 13.9. The minimum atomic E-state index is -0.929. The van der Waals surface area contributed by atoms with E-state index in [1.807, 2.05) is 30.5 Å². The van der Waals surface area contributed by atoms with Gasteiger partial charge in [0.2, 0.25) is 5.91 Å². The van der Waals surface area contributed by atoms with Crippen LogP contribution in [0.2, 0.25) is 0 Å². The summed E-state index contributed by atoms with van der Waals surface area (Å²) in [6.07, 6.45) is 6.01. The highest BCUT2D eigenvalue weighted by Crippen LogP contribution is 2.42. The molecule has 2 aliphatic rings. The Morgan fingerprint density at radius 2 is 1.73 bits per heavy atom. The molecule has 1 amide bonds. The van der Waals surface area contributed by atoms with Gasteiger partial charge >= 0.3 is 5.97 Å². The number of nitrogens with zero attached hydrogens (tertiary/aromatic N) is 2. The molecule has 33 heavy (non-hydrogen) atoms. The van der Waals surface area contributed by atoms with Crippen molar-refractivity contribution in [2.75, 3.05) is 25.0 Å². The van der Waals surface area contributed by atoms with Gasteiger partial charge in [-0.15, -0.1) is 23.7 Å². The smallest absolute Gasteiger partial charge is 0.336 e. The fourth-order valence-electron chi connectivity index (χ4n) is 5.18. The van der Waals surface area contributed by atoms with Crippen LogP contribution >= 0.6 is 23.7 Å². The number of rotatable bonds is 5. The number of likely N-dealkylation sites (tertiary alicyclic amines) is 1. The molecule has 0 spiro atoms. The Hall–Kier alpha value is -1.89. The van der Waals surface area contributed by atoms with Gasteiger partial charge in [-0.2, -0.15) is 0 Å². The Bertz CT molecular complexity index is 976. The molecule has 1 aliphatic carbocycles. The van der Waals surface area contributed by atoms with Gasteiger partial charge in [0.15, 0.2) is 0 Å². The zero-order valence-electron chi connectivity index (χ0n) is 19.8. The number of piperidine rings is 1. The summed E-state index contributed by atoms with van der Waals surface area (Å²) in [6.45, 7) is 6.13. The number of hydrogen-bond acceptors (Lipinski definition) is 4. The van der Waals surface area contributed by atoms with E-state index in [0.717, 1.165) is 67.7 Å². The van der Waals surface area contributed by atoms with Crippen LogP contribution < -0.4 is 4.90 Å². The molecule has 1 saturated heterocycles. The quantitative estimate of drug-likeness (QED) is 0.550. The van der Waals surface area contributed by atoms with Gasteiger partial charge in [-0.3, -0.25) is 4.79 Å². The van der Waals surface area contributed by atoms with Crippen LogP contribution in [0.1, 0.15) is 61.4 Å². The largest absolute Gasteiger partial charge is 0.478 e. The summed E-state index contributed by atoms with van der Waals surface area (Å²) in [5, 5.41) is 11.8. The molecule has 2 heterocycles. The Kier molecular flexibility index (Phi) is 8.59. The molecule has 1 saturated carbocycles. The van der Waals surface area contributed by atoms with Crippen molar-refractivity contribution in [3.8, 4) is 10.4 Å². The lowest BCUT2D eigenvalue weighted by Crippen LogP contribution is -2.49. The van der Waals surface area contributed by atoms with E-state index in [1.165, 1.54) is 11.3 Å². The zero-order valence-corrected chi connectivity index (χ0v) is 21.4. The minimum Gasteiger partial charge on any atom is -0.478 e. The Balaban J connectivity index is 0.00000306. The normalized spacial score (nSPS) is 21.9. The molecule has 1 aromatic carbocycles. The van der Waals surface area contributed by atoms with Crippen molar-refractivity contribution >= 4 is 41.3 Å². The average molecular weight is 491 g/mol. The third-order valence-electron chi connectivity index (χ3n) is 7.21. The monoisotopic (exact) mass is 490 g/mol. The number of amides is 1.